The SMILES string of the molecule is CC(C)(O)CNC1C=CCCC1. The summed E-state index contributed by atoms with van der Waals surface area (Å²) in [4.78, 5) is 0. The Labute approximate surface area is 74.7 Å². The minimum absolute atomic E-state index is 0.477. The van der Waals surface area contributed by atoms with Crippen LogP contribution in [-0.2, 0) is 0 Å². The molecule has 0 aliphatic heterocycles. The van der Waals surface area contributed by atoms with E-state index in [-0.39, 0.29) is 0 Å². The third-order valence-corrected chi connectivity index (χ3v) is 2.05. The molecule has 0 bridgehead atoms. The van der Waals surface area contributed by atoms with Gasteiger partial charge in [0.25, 0.3) is 0 Å². The lowest BCUT2D eigenvalue weighted by Crippen LogP contribution is -2.40. The number of hydrogen-bond acceptors (Lipinski definition) is 2. The van der Waals surface area contributed by atoms with Gasteiger partial charge >= 0.3 is 0 Å². The van der Waals surface area contributed by atoms with Gasteiger partial charge in [-0.15, -0.1) is 0 Å². The van der Waals surface area contributed by atoms with Crippen LogP contribution in [0.3, 0.4) is 0 Å². The molecule has 0 heterocycles. The monoisotopic (exact) mass is 169 g/mol. The number of rotatable bonds is 3. The van der Waals surface area contributed by atoms with Crippen LogP contribution in [0.1, 0.15) is 33.1 Å². The molecule has 0 amide bonds. The van der Waals surface area contributed by atoms with Gasteiger partial charge in [-0.3, -0.25) is 0 Å². The van der Waals surface area contributed by atoms with Crippen LogP contribution in [0.25, 0.3) is 0 Å². The Hall–Kier alpha value is -0.340. The van der Waals surface area contributed by atoms with Gasteiger partial charge in [-0.05, 0) is 33.1 Å². The van der Waals surface area contributed by atoms with E-state index in [1.54, 1.807) is 0 Å². The van der Waals surface area contributed by atoms with Crippen molar-refractivity contribution < 1.29 is 5.11 Å². The van der Waals surface area contributed by atoms with Crippen molar-refractivity contribution in [2.45, 2.75) is 44.8 Å². The second-order valence-corrected chi connectivity index (χ2v) is 4.16. The summed E-state index contributed by atoms with van der Waals surface area (Å²) in [7, 11) is 0. The molecular weight excluding hydrogens is 150 g/mol. The van der Waals surface area contributed by atoms with Crippen LogP contribution in [0.2, 0.25) is 0 Å². The maximum Gasteiger partial charge on any atom is 0.0715 e. The molecule has 2 N–H and O–H groups in total. The number of allylic oxidation sites excluding steroid dienone is 1. The molecule has 0 saturated carbocycles. The zero-order valence-electron chi connectivity index (χ0n) is 8.01. The number of aliphatic hydroxyl groups is 1. The molecule has 12 heavy (non-hydrogen) atoms. The fourth-order valence-electron chi connectivity index (χ4n) is 1.36. The quantitative estimate of drug-likeness (QED) is 0.627. The molecule has 1 aliphatic rings. The van der Waals surface area contributed by atoms with Gasteiger partial charge in [-0.1, -0.05) is 12.2 Å². The van der Waals surface area contributed by atoms with Crippen molar-refractivity contribution in [3.8, 4) is 0 Å². The summed E-state index contributed by atoms with van der Waals surface area (Å²) in [5.41, 5.74) is -0.592. The molecule has 2 heteroatoms. The summed E-state index contributed by atoms with van der Waals surface area (Å²) in [5, 5.41) is 12.8. The molecule has 1 rings (SSSR count). The van der Waals surface area contributed by atoms with Gasteiger partial charge in [0.15, 0.2) is 0 Å². The molecule has 2 nitrogen and oxygen atoms in total. The van der Waals surface area contributed by atoms with E-state index < -0.39 is 5.60 Å². The van der Waals surface area contributed by atoms with Gasteiger partial charge in [-0.2, -0.15) is 0 Å². The Bertz CT molecular complexity index is 158. The third-order valence-electron chi connectivity index (χ3n) is 2.05. The first-order valence-corrected chi connectivity index (χ1v) is 4.70. The average Bonchev–Trinajstić information content (AvgIpc) is 2.02. The van der Waals surface area contributed by atoms with Crippen LogP contribution in [0.5, 0.6) is 0 Å². The Morgan fingerprint density at radius 2 is 2.33 bits per heavy atom. The summed E-state index contributed by atoms with van der Waals surface area (Å²) >= 11 is 0. The second kappa shape index (κ2) is 4.06. The highest BCUT2D eigenvalue weighted by molar-refractivity contribution is 4.97. The highest BCUT2D eigenvalue weighted by atomic mass is 16.3. The van der Waals surface area contributed by atoms with Crippen LogP contribution in [0.15, 0.2) is 12.2 Å². The Morgan fingerprint density at radius 1 is 1.58 bits per heavy atom. The normalized spacial score (nSPS) is 24.4. The van der Waals surface area contributed by atoms with Crippen molar-refractivity contribution in [3.63, 3.8) is 0 Å². The van der Waals surface area contributed by atoms with Crippen LogP contribution in [0, 0.1) is 0 Å². The summed E-state index contributed by atoms with van der Waals surface area (Å²) in [6.45, 7) is 4.32. The van der Waals surface area contributed by atoms with Crippen LogP contribution in [0.4, 0.5) is 0 Å². The molecule has 0 radical (unpaired) electrons. The molecule has 0 aromatic rings. The molecule has 1 aliphatic carbocycles. The molecular formula is C10H19NO. The summed E-state index contributed by atoms with van der Waals surface area (Å²) in [5.74, 6) is 0. The standard InChI is InChI=1S/C10H19NO/c1-10(2,12)8-11-9-6-4-3-5-7-9/h4,6,9,11-12H,3,5,7-8H2,1-2H3. The Balaban J connectivity index is 2.22. The zero-order valence-corrected chi connectivity index (χ0v) is 8.01. The van der Waals surface area contributed by atoms with Crippen molar-refractivity contribution in [1.29, 1.82) is 0 Å². The Morgan fingerprint density at radius 3 is 2.83 bits per heavy atom. The maximum atomic E-state index is 9.46. The highest BCUT2D eigenvalue weighted by Gasteiger charge is 2.14. The molecule has 0 saturated heterocycles. The lowest BCUT2D eigenvalue weighted by molar-refractivity contribution is 0.0775. The summed E-state index contributed by atoms with van der Waals surface area (Å²) in [6, 6.07) is 0.477. The molecule has 1 atom stereocenters. The smallest absolute Gasteiger partial charge is 0.0715 e. The molecule has 0 aromatic carbocycles. The minimum atomic E-state index is -0.592. The van der Waals surface area contributed by atoms with Crippen LogP contribution < -0.4 is 5.32 Å². The average molecular weight is 169 g/mol. The first-order chi connectivity index (χ1) is 5.58. The van der Waals surface area contributed by atoms with Gasteiger partial charge in [0.2, 0.25) is 0 Å². The van der Waals surface area contributed by atoms with Gasteiger partial charge in [0, 0.05) is 12.6 Å². The van der Waals surface area contributed by atoms with Gasteiger partial charge in [-0.25, -0.2) is 0 Å². The van der Waals surface area contributed by atoms with E-state index in [4.69, 9.17) is 0 Å². The summed E-state index contributed by atoms with van der Waals surface area (Å²) in [6.07, 6.45) is 8.09. The highest BCUT2D eigenvalue weighted by Crippen LogP contribution is 2.10. The van der Waals surface area contributed by atoms with Crippen molar-refractivity contribution >= 4 is 0 Å². The molecule has 0 spiro atoms. The van der Waals surface area contributed by atoms with E-state index in [0.717, 1.165) is 0 Å². The third kappa shape index (κ3) is 3.88. The van der Waals surface area contributed by atoms with Crippen LogP contribution in [-0.4, -0.2) is 23.3 Å². The van der Waals surface area contributed by atoms with Gasteiger partial charge in [0.05, 0.1) is 5.60 Å². The second-order valence-electron chi connectivity index (χ2n) is 4.16. The van der Waals surface area contributed by atoms with E-state index in [9.17, 15) is 5.11 Å². The topological polar surface area (TPSA) is 32.3 Å². The molecule has 0 fully saturated rings. The molecule has 1 unspecified atom stereocenters. The fraction of sp³-hybridized carbons (Fsp3) is 0.800. The predicted octanol–water partition coefficient (Wildman–Crippen LogP) is 1.46. The lowest BCUT2D eigenvalue weighted by Gasteiger charge is -2.23. The van der Waals surface area contributed by atoms with Crippen LogP contribution >= 0.6 is 0 Å². The largest absolute Gasteiger partial charge is 0.389 e. The van der Waals surface area contributed by atoms with E-state index in [0.29, 0.717) is 12.6 Å². The van der Waals surface area contributed by atoms with Crippen molar-refractivity contribution in [2.75, 3.05) is 6.54 Å². The maximum absolute atomic E-state index is 9.46. The number of nitrogens with one attached hydrogen (secondary N) is 1. The molecule has 70 valence electrons. The van der Waals surface area contributed by atoms with Crippen molar-refractivity contribution in [1.82, 2.24) is 5.32 Å². The first kappa shape index (κ1) is 9.75. The Kier molecular flexibility index (Phi) is 3.29. The van der Waals surface area contributed by atoms with E-state index in [2.05, 4.69) is 17.5 Å². The van der Waals surface area contributed by atoms with E-state index in [1.165, 1.54) is 19.3 Å². The van der Waals surface area contributed by atoms with Crippen molar-refractivity contribution in [3.05, 3.63) is 12.2 Å². The number of hydrogen-bond donors (Lipinski definition) is 2. The predicted molar refractivity (Wildman–Crippen MR) is 51.1 cm³/mol. The van der Waals surface area contributed by atoms with Gasteiger partial charge < -0.3 is 10.4 Å². The lowest BCUT2D eigenvalue weighted by atomic mass is 10.0. The van der Waals surface area contributed by atoms with E-state index >= 15 is 0 Å². The first-order valence-electron chi connectivity index (χ1n) is 4.70. The molecule has 0 aromatic heterocycles. The van der Waals surface area contributed by atoms with Gasteiger partial charge in [0.1, 0.15) is 0 Å². The minimum Gasteiger partial charge on any atom is -0.389 e. The fourth-order valence-corrected chi connectivity index (χ4v) is 1.36. The zero-order chi connectivity index (χ0) is 9.03. The van der Waals surface area contributed by atoms with Crippen molar-refractivity contribution in [2.24, 2.45) is 0 Å². The van der Waals surface area contributed by atoms with E-state index in [1.807, 2.05) is 13.8 Å². The summed E-state index contributed by atoms with van der Waals surface area (Å²) < 4.78 is 0.